The maximum atomic E-state index is 5.16. The lowest BCUT2D eigenvalue weighted by atomic mass is 10.3. The van der Waals surface area contributed by atoms with E-state index in [9.17, 15) is 0 Å². The monoisotopic (exact) mass is 288 g/mol. The van der Waals surface area contributed by atoms with Crippen LogP contribution in [0.4, 0.5) is 0 Å². The summed E-state index contributed by atoms with van der Waals surface area (Å²) >= 11 is 1.73. The summed E-state index contributed by atoms with van der Waals surface area (Å²) in [5.74, 6) is 1.30. The van der Waals surface area contributed by atoms with Gasteiger partial charge in [-0.3, -0.25) is 4.90 Å². The van der Waals surface area contributed by atoms with E-state index in [1.54, 1.807) is 11.3 Å². The SMILES string of the molecule is Cc1noc(CN(C)[C@@H](C)c2nc3ccccc3s2)n1. The number of hydrogen-bond acceptors (Lipinski definition) is 6. The van der Waals surface area contributed by atoms with Crippen molar-refractivity contribution in [3.63, 3.8) is 0 Å². The predicted molar refractivity (Wildman–Crippen MR) is 78.5 cm³/mol. The fourth-order valence-corrected chi connectivity index (χ4v) is 3.10. The van der Waals surface area contributed by atoms with Gasteiger partial charge in [0.2, 0.25) is 5.89 Å². The molecule has 104 valence electrons. The average molecular weight is 288 g/mol. The Morgan fingerprint density at radius 2 is 2.10 bits per heavy atom. The van der Waals surface area contributed by atoms with E-state index in [2.05, 4.69) is 28.0 Å². The standard InChI is InChI=1S/C14H16N4OS/c1-9(18(3)8-13-15-10(2)17-19-13)14-16-11-6-4-5-7-12(11)20-14/h4-7,9H,8H2,1-3H3/t9-/m0/s1. The predicted octanol–water partition coefficient (Wildman–Crippen LogP) is 3.18. The minimum atomic E-state index is 0.208. The molecule has 0 saturated carbocycles. The average Bonchev–Trinajstić information content (AvgIpc) is 3.03. The maximum Gasteiger partial charge on any atom is 0.240 e. The summed E-state index contributed by atoms with van der Waals surface area (Å²) in [6, 6.07) is 8.41. The van der Waals surface area contributed by atoms with Gasteiger partial charge in [0.15, 0.2) is 5.82 Å². The lowest BCUT2D eigenvalue weighted by Crippen LogP contribution is -2.22. The van der Waals surface area contributed by atoms with Crippen molar-refractivity contribution >= 4 is 21.6 Å². The number of nitrogens with zero attached hydrogens (tertiary/aromatic N) is 4. The molecule has 0 unspecified atom stereocenters. The van der Waals surface area contributed by atoms with Crippen LogP contribution in [-0.4, -0.2) is 27.1 Å². The summed E-state index contributed by atoms with van der Waals surface area (Å²) in [5.41, 5.74) is 1.06. The van der Waals surface area contributed by atoms with Crippen molar-refractivity contribution in [2.75, 3.05) is 7.05 Å². The van der Waals surface area contributed by atoms with Crippen molar-refractivity contribution in [1.82, 2.24) is 20.0 Å². The van der Waals surface area contributed by atoms with Gasteiger partial charge in [-0.15, -0.1) is 11.3 Å². The smallest absolute Gasteiger partial charge is 0.240 e. The van der Waals surface area contributed by atoms with Crippen LogP contribution in [0, 0.1) is 6.92 Å². The largest absolute Gasteiger partial charge is 0.338 e. The Morgan fingerprint density at radius 3 is 2.80 bits per heavy atom. The third kappa shape index (κ3) is 2.57. The van der Waals surface area contributed by atoms with Crippen LogP contribution in [0.25, 0.3) is 10.2 Å². The molecule has 6 heteroatoms. The van der Waals surface area contributed by atoms with E-state index < -0.39 is 0 Å². The topological polar surface area (TPSA) is 55.1 Å². The van der Waals surface area contributed by atoms with Gasteiger partial charge in [-0.1, -0.05) is 17.3 Å². The Kier molecular flexibility index (Phi) is 3.50. The minimum Gasteiger partial charge on any atom is -0.338 e. The number of aryl methyl sites for hydroxylation is 1. The molecule has 0 amide bonds. The molecule has 3 aromatic rings. The highest BCUT2D eigenvalue weighted by Gasteiger charge is 2.18. The van der Waals surface area contributed by atoms with Gasteiger partial charge in [0.1, 0.15) is 5.01 Å². The Bertz CT molecular complexity index is 688. The zero-order valence-corrected chi connectivity index (χ0v) is 12.5. The molecule has 1 aromatic carbocycles. The minimum absolute atomic E-state index is 0.208. The van der Waals surface area contributed by atoms with Crippen molar-refractivity contribution < 1.29 is 4.52 Å². The third-order valence-electron chi connectivity index (χ3n) is 3.28. The summed E-state index contributed by atoms with van der Waals surface area (Å²) in [7, 11) is 2.04. The molecule has 0 aliphatic carbocycles. The molecule has 0 N–H and O–H groups in total. The summed E-state index contributed by atoms with van der Waals surface area (Å²) in [6.07, 6.45) is 0. The van der Waals surface area contributed by atoms with Crippen molar-refractivity contribution in [3.8, 4) is 0 Å². The molecule has 0 aliphatic heterocycles. The van der Waals surface area contributed by atoms with Crippen LogP contribution < -0.4 is 0 Å². The van der Waals surface area contributed by atoms with E-state index in [1.165, 1.54) is 4.70 Å². The molecule has 0 spiro atoms. The van der Waals surface area contributed by atoms with Crippen LogP contribution in [0.1, 0.15) is 29.7 Å². The van der Waals surface area contributed by atoms with Gasteiger partial charge >= 0.3 is 0 Å². The molecule has 20 heavy (non-hydrogen) atoms. The molecule has 3 rings (SSSR count). The molecule has 0 aliphatic rings. The van der Waals surface area contributed by atoms with Crippen LogP contribution in [0.5, 0.6) is 0 Å². The third-order valence-corrected chi connectivity index (χ3v) is 4.49. The van der Waals surface area contributed by atoms with E-state index in [0.717, 1.165) is 10.5 Å². The molecule has 0 fully saturated rings. The first-order valence-corrected chi connectivity index (χ1v) is 7.30. The Labute approximate surface area is 121 Å². The lowest BCUT2D eigenvalue weighted by molar-refractivity contribution is 0.216. The van der Waals surface area contributed by atoms with Gasteiger partial charge in [0, 0.05) is 0 Å². The molecule has 0 saturated heterocycles. The summed E-state index contributed by atoms with van der Waals surface area (Å²) in [6.45, 7) is 4.59. The Morgan fingerprint density at radius 1 is 1.30 bits per heavy atom. The quantitative estimate of drug-likeness (QED) is 0.738. The van der Waals surface area contributed by atoms with Gasteiger partial charge < -0.3 is 4.52 Å². The molecular weight excluding hydrogens is 272 g/mol. The van der Waals surface area contributed by atoms with E-state index >= 15 is 0 Å². The fourth-order valence-electron chi connectivity index (χ4n) is 2.01. The second-order valence-electron chi connectivity index (χ2n) is 4.85. The number of rotatable bonds is 4. The zero-order valence-electron chi connectivity index (χ0n) is 11.7. The Hall–Kier alpha value is -1.79. The van der Waals surface area contributed by atoms with Crippen LogP contribution in [0.2, 0.25) is 0 Å². The second-order valence-corrected chi connectivity index (χ2v) is 5.91. The molecule has 2 aromatic heterocycles. The molecule has 1 atom stereocenters. The Balaban J connectivity index is 1.78. The van der Waals surface area contributed by atoms with E-state index in [1.807, 2.05) is 32.2 Å². The summed E-state index contributed by atoms with van der Waals surface area (Å²) in [4.78, 5) is 11.1. The highest BCUT2D eigenvalue weighted by molar-refractivity contribution is 7.18. The highest BCUT2D eigenvalue weighted by Crippen LogP contribution is 2.29. The number of para-hydroxylation sites is 1. The molecule has 0 radical (unpaired) electrons. The van der Waals surface area contributed by atoms with Crippen LogP contribution in [-0.2, 0) is 6.54 Å². The zero-order chi connectivity index (χ0) is 14.1. The van der Waals surface area contributed by atoms with Crippen LogP contribution in [0.15, 0.2) is 28.8 Å². The van der Waals surface area contributed by atoms with E-state index in [-0.39, 0.29) is 6.04 Å². The van der Waals surface area contributed by atoms with Gasteiger partial charge in [-0.2, -0.15) is 4.98 Å². The molecule has 5 nitrogen and oxygen atoms in total. The number of thiazole rings is 1. The number of aromatic nitrogens is 3. The van der Waals surface area contributed by atoms with Crippen LogP contribution >= 0.6 is 11.3 Å². The van der Waals surface area contributed by atoms with Gasteiger partial charge in [-0.25, -0.2) is 4.98 Å². The second kappa shape index (κ2) is 5.30. The van der Waals surface area contributed by atoms with E-state index in [4.69, 9.17) is 9.51 Å². The van der Waals surface area contributed by atoms with Crippen molar-refractivity contribution in [2.45, 2.75) is 26.4 Å². The molecule has 2 heterocycles. The maximum absolute atomic E-state index is 5.16. The number of hydrogen-bond donors (Lipinski definition) is 0. The lowest BCUT2D eigenvalue weighted by Gasteiger charge is -2.20. The number of benzene rings is 1. The normalized spacial score (nSPS) is 13.2. The van der Waals surface area contributed by atoms with Crippen molar-refractivity contribution in [1.29, 1.82) is 0 Å². The molecular formula is C14H16N4OS. The summed E-state index contributed by atoms with van der Waals surface area (Å²) in [5, 5.41) is 4.91. The van der Waals surface area contributed by atoms with Crippen molar-refractivity contribution in [2.24, 2.45) is 0 Å². The first kappa shape index (κ1) is 13.2. The van der Waals surface area contributed by atoms with Gasteiger partial charge in [0.05, 0.1) is 22.8 Å². The van der Waals surface area contributed by atoms with Gasteiger partial charge in [-0.05, 0) is 33.0 Å². The first-order chi connectivity index (χ1) is 9.63. The van der Waals surface area contributed by atoms with Crippen LogP contribution in [0.3, 0.4) is 0 Å². The fraction of sp³-hybridized carbons (Fsp3) is 0.357. The first-order valence-electron chi connectivity index (χ1n) is 6.48. The number of fused-ring (bicyclic) bond motifs is 1. The van der Waals surface area contributed by atoms with Crippen molar-refractivity contribution in [3.05, 3.63) is 41.0 Å². The summed E-state index contributed by atoms with van der Waals surface area (Å²) < 4.78 is 6.38. The molecule has 0 bridgehead atoms. The highest BCUT2D eigenvalue weighted by atomic mass is 32.1. The van der Waals surface area contributed by atoms with E-state index in [0.29, 0.717) is 18.3 Å². The van der Waals surface area contributed by atoms with Gasteiger partial charge in [0.25, 0.3) is 0 Å².